The number of amides is 4. The van der Waals surface area contributed by atoms with Crippen molar-refractivity contribution < 1.29 is 52.8 Å². The molecular weight excluding hydrogens is 988 g/mol. The van der Waals surface area contributed by atoms with Crippen molar-refractivity contribution in [3.8, 4) is 0 Å². The van der Waals surface area contributed by atoms with E-state index in [-0.39, 0.29) is 75.5 Å². The number of carboxylic acid groups (broad SMARTS) is 1. The first kappa shape index (κ1) is 55.2. The molecule has 7 aromatic rings. The van der Waals surface area contributed by atoms with E-state index in [4.69, 9.17) is 0 Å². The molecule has 0 spiro atoms. The summed E-state index contributed by atoms with van der Waals surface area (Å²) in [7, 11) is -4.52. The minimum Gasteiger partial charge on any atom is -0.481 e. The quantitative estimate of drug-likeness (QED) is 0.0397. The van der Waals surface area contributed by atoms with Crippen LogP contribution in [-0.4, -0.2) is 103 Å². The molecule has 4 unspecified atom stereocenters. The number of ketones is 4. The Kier molecular flexibility index (Phi) is 17.3. The molecule has 5 aromatic carbocycles. The van der Waals surface area contributed by atoms with E-state index in [0.29, 0.717) is 0 Å². The van der Waals surface area contributed by atoms with E-state index in [1.807, 2.05) is 48.5 Å². The summed E-state index contributed by atoms with van der Waals surface area (Å²) in [6, 6.07) is 26.5. The number of H-pyrrole nitrogens is 2. The monoisotopic (exact) mass is 1050 g/mol. The molecular formula is C58H59N6O11P. The highest BCUT2D eigenvalue weighted by atomic mass is 31.2. The van der Waals surface area contributed by atoms with Crippen molar-refractivity contribution in [1.29, 1.82) is 0 Å². The Morgan fingerprint density at radius 1 is 0.539 bits per heavy atom. The van der Waals surface area contributed by atoms with Crippen LogP contribution in [0.3, 0.4) is 0 Å². The van der Waals surface area contributed by atoms with Crippen LogP contribution >= 0.6 is 7.14 Å². The normalized spacial score (nSPS) is 13.2. The summed E-state index contributed by atoms with van der Waals surface area (Å²) in [6.45, 7) is 8.25. The van der Waals surface area contributed by atoms with E-state index in [1.54, 1.807) is 44.4 Å². The average Bonchev–Trinajstić information content (AvgIpc) is 4.05. The molecule has 4 amide bonds. The van der Waals surface area contributed by atoms with Gasteiger partial charge in [-0.2, -0.15) is 0 Å². The number of fused-ring (bicyclic) bond motifs is 2. The number of hydrogen-bond donors (Lipinski definition) is 6. The van der Waals surface area contributed by atoms with Crippen LogP contribution in [-0.2, 0) is 41.4 Å². The molecule has 2 aromatic heterocycles. The fourth-order valence-corrected chi connectivity index (χ4v) is 11.9. The summed E-state index contributed by atoms with van der Waals surface area (Å²) in [5.74, 6) is -6.17. The topological polar surface area (TPSA) is 262 Å². The molecule has 0 aliphatic rings. The van der Waals surface area contributed by atoms with Crippen LogP contribution in [0, 0.1) is 0 Å². The van der Waals surface area contributed by atoms with Crippen LogP contribution in [0.25, 0.3) is 21.8 Å². The van der Waals surface area contributed by atoms with E-state index >= 15 is 4.57 Å². The molecule has 6 N–H and O–H groups in total. The van der Waals surface area contributed by atoms with Gasteiger partial charge < -0.3 is 40.5 Å². The first-order valence-corrected chi connectivity index (χ1v) is 26.4. The van der Waals surface area contributed by atoms with Gasteiger partial charge in [0.25, 0.3) is 23.6 Å². The molecule has 0 radical (unpaired) electrons. The van der Waals surface area contributed by atoms with Crippen LogP contribution in [0.15, 0.2) is 128 Å². The Morgan fingerprint density at radius 3 is 1.37 bits per heavy atom. The molecule has 0 aliphatic carbocycles. The van der Waals surface area contributed by atoms with Gasteiger partial charge in [-0.1, -0.05) is 66.7 Å². The molecule has 0 aliphatic heterocycles. The number of nitrogens with one attached hydrogen (secondary N) is 5. The fourth-order valence-electron chi connectivity index (χ4n) is 9.09. The SMILES string of the molecule is CC(=O)CN(C(=O)c1cc(C(=O)NC(Cc2c[nH]c3ccccc23)C(C)=O)cc(P(=O)(c2ccccc2)c2cc(C(=O)NC(CCC(=O)O)C(C)=O)cc(C(=O)NC(Cc3c[nH]c4ccccc34)C(C)=O)c2)c1)C(C)C. The van der Waals surface area contributed by atoms with Gasteiger partial charge in [-0.3, -0.25) is 43.2 Å². The number of carbonyl (C=O) groups excluding carboxylic acids is 8. The molecule has 0 saturated heterocycles. The molecule has 392 valence electrons. The van der Waals surface area contributed by atoms with Gasteiger partial charge in [-0.15, -0.1) is 0 Å². The fraction of sp³-hybridized carbons (Fsp3) is 0.259. The Hall–Kier alpha value is -8.56. The number of aromatic nitrogens is 2. The summed E-state index contributed by atoms with van der Waals surface area (Å²) in [5, 5.41) is 19.1. The van der Waals surface area contributed by atoms with Crippen molar-refractivity contribution in [2.45, 2.75) is 91.4 Å². The summed E-state index contributed by atoms with van der Waals surface area (Å²) < 4.78 is 16.8. The lowest BCUT2D eigenvalue weighted by molar-refractivity contribution is -0.137. The zero-order chi connectivity index (χ0) is 55.0. The Bertz CT molecular complexity index is 3470. The third-order valence-electron chi connectivity index (χ3n) is 13.2. The van der Waals surface area contributed by atoms with Gasteiger partial charge in [0.2, 0.25) is 0 Å². The van der Waals surface area contributed by atoms with Crippen molar-refractivity contribution in [1.82, 2.24) is 30.8 Å². The van der Waals surface area contributed by atoms with Crippen LogP contribution in [0.5, 0.6) is 0 Å². The summed E-state index contributed by atoms with van der Waals surface area (Å²) in [5.41, 5.74) is 2.25. The zero-order valence-corrected chi connectivity index (χ0v) is 43.8. The molecule has 18 heteroatoms. The maximum absolute atomic E-state index is 16.8. The summed E-state index contributed by atoms with van der Waals surface area (Å²) in [6.07, 6.45) is 2.91. The van der Waals surface area contributed by atoms with Gasteiger partial charge in [-0.05, 0) is 108 Å². The second-order valence-corrected chi connectivity index (χ2v) is 21.9. The lowest BCUT2D eigenvalue weighted by Crippen LogP contribution is -2.43. The second-order valence-electron chi connectivity index (χ2n) is 19.2. The lowest BCUT2D eigenvalue weighted by atomic mass is 10.0. The van der Waals surface area contributed by atoms with Gasteiger partial charge in [0.05, 0.1) is 24.7 Å². The minimum atomic E-state index is -4.52. The van der Waals surface area contributed by atoms with Crippen molar-refractivity contribution in [2.24, 2.45) is 0 Å². The highest BCUT2D eigenvalue weighted by molar-refractivity contribution is 7.85. The number of aliphatic carboxylic acids is 1. The van der Waals surface area contributed by atoms with Crippen LogP contribution < -0.4 is 31.9 Å². The van der Waals surface area contributed by atoms with E-state index in [1.165, 1.54) is 81.1 Å². The Labute approximate surface area is 438 Å². The molecule has 17 nitrogen and oxygen atoms in total. The number of carboxylic acids is 1. The maximum Gasteiger partial charge on any atom is 0.303 e. The van der Waals surface area contributed by atoms with Gasteiger partial charge in [0, 0.05) is 97.7 Å². The number of hydrogen-bond acceptors (Lipinski definition) is 10. The number of rotatable bonds is 23. The van der Waals surface area contributed by atoms with Crippen molar-refractivity contribution in [3.63, 3.8) is 0 Å². The maximum atomic E-state index is 16.8. The first-order valence-electron chi connectivity index (χ1n) is 24.7. The first-order chi connectivity index (χ1) is 36.1. The summed E-state index contributed by atoms with van der Waals surface area (Å²) in [4.78, 5) is 130. The summed E-state index contributed by atoms with van der Waals surface area (Å²) >= 11 is 0. The molecule has 2 heterocycles. The smallest absolute Gasteiger partial charge is 0.303 e. The van der Waals surface area contributed by atoms with Gasteiger partial charge in [0.15, 0.2) is 24.5 Å². The number of benzene rings is 5. The van der Waals surface area contributed by atoms with Crippen molar-refractivity contribution in [2.75, 3.05) is 6.54 Å². The van der Waals surface area contributed by atoms with Crippen molar-refractivity contribution >= 4 is 97.6 Å². The highest BCUT2D eigenvalue weighted by Gasteiger charge is 2.36. The molecule has 0 bridgehead atoms. The molecule has 0 fully saturated rings. The van der Waals surface area contributed by atoms with Crippen LogP contribution in [0.4, 0.5) is 0 Å². The zero-order valence-electron chi connectivity index (χ0n) is 42.9. The van der Waals surface area contributed by atoms with Crippen LogP contribution in [0.1, 0.15) is 107 Å². The number of para-hydroxylation sites is 2. The number of nitrogens with zero attached hydrogens (tertiary/aromatic N) is 1. The lowest BCUT2D eigenvalue weighted by Gasteiger charge is -2.27. The number of aromatic amines is 2. The van der Waals surface area contributed by atoms with E-state index in [2.05, 4.69) is 25.9 Å². The van der Waals surface area contributed by atoms with Gasteiger partial charge in [0.1, 0.15) is 5.78 Å². The molecule has 7 rings (SSSR count). The Balaban J connectivity index is 1.41. The Morgan fingerprint density at radius 2 is 0.947 bits per heavy atom. The largest absolute Gasteiger partial charge is 0.481 e. The number of carbonyl (C=O) groups is 9. The third-order valence-corrected chi connectivity index (χ3v) is 16.2. The second kappa shape index (κ2) is 23.8. The predicted octanol–water partition coefficient (Wildman–Crippen LogP) is 6.14. The van der Waals surface area contributed by atoms with Crippen molar-refractivity contribution in [3.05, 3.63) is 161 Å². The van der Waals surface area contributed by atoms with E-state index < -0.39 is 78.9 Å². The molecule has 0 saturated carbocycles. The molecule has 4 atom stereocenters. The highest BCUT2D eigenvalue weighted by Crippen LogP contribution is 2.43. The minimum absolute atomic E-state index is 0.0689. The van der Waals surface area contributed by atoms with E-state index in [0.717, 1.165) is 32.9 Å². The van der Waals surface area contributed by atoms with Gasteiger partial charge in [-0.25, -0.2) is 0 Å². The standard InChI is InChI=1S/C58H59N6O11P/c1-33(2)64(32-34(3)65)58(74)41-23-40(57(73)63-53(37(6)68)29-43-31-60-51-19-13-11-17-48(43)51)26-46(27-41)76(75,44-14-8-7-9-15-44)45-24-38(55(71)61-49(35(4)66)20-21-54(69)70)22-39(25-45)56(72)62-52(36(5)67)28-42-30-59-50-18-12-10-16-47(42)50/h7-19,22-27,30-31,33,49,52-53,59-60H,20-21,28-29,32H2,1-6H3,(H,61,71)(H,62,72)(H,63,73)(H,69,70). The predicted molar refractivity (Wildman–Crippen MR) is 289 cm³/mol. The number of Topliss-reactive ketones (excluding diaryl/α,β-unsaturated/α-hetero) is 4. The van der Waals surface area contributed by atoms with E-state index in [9.17, 15) is 48.3 Å². The van der Waals surface area contributed by atoms with Crippen LogP contribution in [0.2, 0.25) is 0 Å². The van der Waals surface area contributed by atoms with Gasteiger partial charge >= 0.3 is 5.97 Å². The third kappa shape index (κ3) is 12.7. The average molecular weight is 1050 g/mol. The molecule has 76 heavy (non-hydrogen) atoms.